The second kappa shape index (κ2) is 8.60. The topological polar surface area (TPSA) is 41.6 Å². The first-order chi connectivity index (χ1) is 10.3. The number of nitrogens with one attached hydrogen (secondary N) is 1. The third-order valence-corrected chi connectivity index (χ3v) is 3.63. The zero-order valence-electron chi connectivity index (χ0n) is 12.5. The highest BCUT2D eigenvalue weighted by atomic mass is 16.5. The molecule has 1 aromatic rings. The van der Waals surface area contributed by atoms with Gasteiger partial charge in [-0.2, -0.15) is 0 Å². The Labute approximate surface area is 126 Å². The highest BCUT2D eigenvalue weighted by Crippen LogP contribution is 2.06. The number of hydrogen-bond donors (Lipinski definition) is 1. The summed E-state index contributed by atoms with van der Waals surface area (Å²) in [6.45, 7) is 7.24. The lowest BCUT2D eigenvalue weighted by molar-refractivity contribution is -0.131. The van der Waals surface area contributed by atoms with Crippen molar-refractivity contribution in [3.8, 4) is 0 Å². The number of morpholine rings is 1. The van der Waals surface area contributed by atoms with Gasteiger partial charge in [0.1, 0.15) is 0 Å². The van der Waals surface area contributed by atoms with E-state index in [0.29, 0.717) is 19.6 Å². The van der Waals surface area contributed by atoms with Crippen LogP contribution in [0.2, 0.25) is 0 Å². The van der Waals surface area contributed by atoms with Crippen molar-refractivity contribution in [2.24, 2.45) is 0 Å². The smallest absolute Gasteiger partial charge is 0.224 e. The predicted octanol–water partition coefficient (Wildman–Crippen LogP) is 1.62. The number of amides is 1. The van der Waals surface area contributed by atoms with Crippen LogP contribution in [0.25, 0.3) is 0 Å². The Morgan fingerprint density at radius 2 is 2.24 bits per heavy atom. The second-order valence-corrected chi connectivity index (χ2v) is 5.29. The van der Waals surface area contributed by atoms with Crippen molar-refractivity contribution in [3.05, 3.63) is 48.6 Å². The summed E-state index contributed by atoms with van der Waals surface area (Å²) in [5.74, 6) is 0.161. The zero-order chi connectivity index (χ0) is 14.9. The van der Waals surface area contributed by atoms with Crippen LogP contribution in [-0.4, -0.2) is 49.7 Å². The molecule has 4 heteroatoms. The Morgan fingerprint density at radius 3 is 2.90 bits per heavy atom. The summed E-state index contributed by atoms with van der Waals surface area (Å²) < 4.78 is 5.40. The van der Waals surface area contributed by atoms with E-state index in [0.717, 1.165) is 26.1 Å². The van der Waals surface area contributed by atoms with E-state index in [4.69, 9.17) is 4.74 Å². The number of carbonyl (C=O) groups excluding carboxylic acids is 1. The third kappa shape index (κ3) is 5.33. The van der Waals surface area contributed by atoms with Gasteiger partial charge < -0.3 is 15.0 Å². The number of carbonyl (C=O) groups is 1. The number of rotatable bonds is 7. The van der Waals surface area contributed by atoms with Crippen molar-refractivity contribution in [1.29, 1.82) is 0 Å². The summed E-state index contributed by atoms with van der Waals surface area (Å²) in [5, 5.41) is 3.32. The first-order valence-electron chi connectivity index (χ1n) is 7.53. The molecule has 1 saturated heterocycles. The molecule has 0 radical (unpaired) electrons. The zero-order valence-corrected chi connectivity index (χ0v) is 12.5. The molecule has 0 spiro atoms. The molecule has 1 N–H and O–H groups in total. The Kier molecular flexibility index (Phi) is 6.44. The quantitative estimate of drug-likeness (QED) is 0.775. The predicted molar refractivity (Wildman–Crippen MR) is 84.1 cm³/mol. The maximum atomic E-state index is 12.4. The maximum Gasteiger partial charge on any atom is 0.224 e. The highest BCUT2D eigenvalue weighted by molar-refractivity contribution is 5.77. The van der Waals surface area contributed by atoms with Gasteiger partial charge >= 0.3 is 0 Å². The van der Waals surface area contributed by atoms with Gasteiger partial charge in [0, 0.05) is 32.1 Å². The van der Waals surface area contributed by atoms with Crippen LogP contribution in [0.3, 0.4) is 0 Å². The van der Waals surface area contributed by atoms with Crippen molar-refractivity contribution in [1.82, 2.24) is 10.2 Å². The average molecular weight is 288 g/mol. The van der Waals surface area contributed by atoms with Crippen LogP contribution in [0, 0.1) is 0 Å². The molecule has 0 bridgehead atoms. The monoisotopic (exact) mass is 288 g/mol. The Balaban J connectivity index is 1.84. The van der Waals surface area contributed by atoms with E-state index in [-0.39, 0.29) is 11.9 Å². The summed E-state index contributed by atoms with van der Waals surface area (Å²) in [6, 6.07) is 10.4. The van der Waals surface area contributed by atoms with Gasteiger partial charge in [-0.1, -0.05) is 36.4 Å². The molecule has 21 heavy (non-hydrogen) atoms. The fraction of sp³-hybridized carbons (Fsp3) is 0.471. The maximum absolute atomic E-state index is 12.4. The molecule has 0 aromatic heterocycles. The molecule has 4 nitrogen and oxygen atoms in total. The molecule has 1 aliphatic heterocycles. The summed E-state index contributed by atoms with van der Waals surface area (Å²) in [5.41, 5.74) is 1.25. The summed E-state index contributed by atoms with van der Waals surface area (Å²) in [7, 11) is 0. The van der Waals surface area contributed by atoms with Gasteiger partial charge in [0.2, 0.25) is 5.91 Å². The Morgan fingerprint density at radius 1 is 1.43 bits per heavy atom. The van der Waals surface area contributed by atoms with Crippen LogP contribution in [0.4, 0.5) is 0 Å². The molecule has 1 aliphatic rings. The molecule has 0 aliphatic carbocycles. The first-order valence-corrected chi connectivity index (χ1v) is 7.53. The molecular weight excluding hydrogens is 264 g/mol. The first kappa shape index (κ1) is 15.7. The van der Waals surface area contributed by atoms with Gasteiger partial charge in [0.05, 0.1) is 13.2 Å². The van der Waals surface area contributed by atoms with Crippen molar-refractivity contribution in [3.63, 3.8) is 0 Å². The van der Waals surface area contributed by atoms with Gasteiger partial charge in [-0.15, -0.1) is 6.58 Å². The SMILES string of the molecule is C=CCN(CCc1ccccc1)C(=O)CC1COCCN1. The minimum absolute atomic E-state index is 0.135. The lowest BCUT2D eigenvalue weighted by atomic mass is 10.1. The summed E-state index contributed by atoms with van der Waals surface area (Å²) >= 11 is 0. The van der Waals surface area contributed by atoms with E-state index in [1.54, 1.807) is 6.08 Å². The number of ether oxygens (including phenoxy) is 1. The fourth-order valence-corrected chi connectivity index (χ4v) is 2.47. The van der Waals surface area contributed by atoms with Crippen LogP contribution < -0.4 is 5.32 Å². The van der Waals surface area contributed by atoms with Crippen molar-refractivity contribution >= 4 is 5.91 Å². The normalized spacial score (nSPS) is 18.2. The van der Waals surface area contributed by atoms with Crippen LogP contribution in [0.1, 0.15) is 12.0 Å². The average Bonchev–Trinajstić information content (AvgIpc) is 2.53. The molecule has 0 saturated carbocycles. The van der Waals surface area contributed by atoms with Crippen LogP contribution in [0.15, 0.2) is 43.0 Å². The van der Waals surface area contributed by atoms with E-state index in [1.165, 1.54) is 5.56 Å². The standard InChI is InChI=1S/C17H24N2O2/c1-2-10-19(11-8-15-6-4-3-5-7-15)17(20)13-16-14-21-12-9-18-16/h2-7,16,18H,1,8-14H2. The van der Waals surface area contributed by atoms with Crippen LogP contribution >= 0.6 is 0 Å². The molecule has 1 aromatic carbocycles. The minimum Gasteiger partial charge on any atom is -0.378 e. The summed E-state index contributed by atoms with van der Waals surface area (Å²) in [6.07, 6.45) is 3.14. The number of benzene rings is 1. The van der Waals surface area contributed by atoms with E-state index in [1.807, 2.05) is 23.1 Å². The molecular formula is C17H24N2O2. The van der Waals surface area contributed by atoms with E-state index in [2.05, 4.69) is 24.0 Å². The van der Waals surface area contributed by atoms with Gasteiger partial charge in [-0.3, -0.25) is 4.79 Å². The van der Waals surface area contributed by atoms with Gasteiger partial charge in [0.25, 0.3) is 0 Å². The molecule has 114 valence electrons. The fourth-order valence-electron chi connectivity index (χ4n) is 2.47. The minimum atomic E-state index is 0.135. The van der Waals surface area contributed by atoms with Crippen LogP contribution in [0.5, 0.6) is 0 Å². The second-order valence-electron chi connectivity index (χ2n) is 5.29. The Hall–Kier alpha value is -1.65. The molecule has 1 fully saturated rings. The van der Waals surface area contributed by atoms with E-state index in [9.17, 15) is 4.79 Å². The lowest BCUT2D eigenvalue weighted by Gasteiger charge is -2.27. The highest BCUT2D eigenvalue weighted by Gasteiger charge is 2.20. The van der Waals surface area contributed by atoms with Gasteiger partial charge in [-0.05, 0) is 12.0 Å². The number of hydrogen-bond acceptors (Lipinski definition) is 3. The van der Waals surface area contributed by atoms with Crippen molar-refractivity contribution in [2.75, 3.05) is 32.8 Å². The largest absolute Gasteiger partial charge is 0.378 e. The molecule has 1 heterocycles. The van der Waals surface area contributed by atoms with Crippen LogP contribution in [-0.2, 0) is 16.0 Å². The number of nitrogens with zero attached hydrogens (tertiary/aromatic N) is 1. The molecule has 1 atom stereocenters. The van der Waals surface area contributed by atoms with Crippen molar-refractivity contribution < 1.29 is 9.53 Å². The molecule has 1 unspecified atom stereocenters. The Bertz CT molecular complexity index is 441. The van der Waals surface area contributed by atoms with Crippen molar-refractivity contribution in [2.45, 2.75) is 18.9 Å². The molecule has 1 amide bonds. The molecule has 2 rings (SSSR count). The summed E-state index contributed by atoms with van der Waals surface area (Å²) in [4.78, 5) is 14.3. The third-order valence-electron chi connectivity index (χ3n) is 3.63. The van der Waals surface area contributed by atoms with Gasteiger partial charge in [0.15, 0.2) is 0 Å². The van der Waals surface area contributed by atoms with Gasteiger partial charge in [-0.25, -0.2) is 0 Å². The lowest BCUT2D eigenvalue weighted by Crippen LogP contribution is -2.45. The van der Waals surface area contributed by atoms with E-state index < -0.39 is 0 Å². The van der Waals surface area contributed by atoms with E-state index >= 15 is 0 Å².